The van der Waals surface area contributed by atoms with Gasteiger partial charge in [-0.25, -0.2) is 43.9 Å². The van der Waals surface area contributed by atoms with Crippen LogP contribution in [0.25, 0.3) is 0 Å². The molecule has 0 aliphatic rings. The molecule has 0 heterocycles. The summed E-state index contributed by atoms with van der Waals surface area (Å²) in [5, 5.41) is 14.5. The summed E-state index contributed by atoms with van der Waals surface area (Å²) in [5.74, 6) is -25.9. The SMILES string of the molecule is N=C(C(=N)c1c(F)c(F)c(F)c(F)c1F)c1c(F)c(F)c(F)c(F)c1F. The molecule has 0 amide bonds. The van der Waals surface area contributed by atoms with E-state index in [-0.39, 0.29) is 0 Å². The van der Waals surface area contributed by atoms with Gasteiger partial charge in [-0.3, -0.25) is 10.8 Å². The number of hydrogen-bond acceptors (Lipinski definition) is 2. The lowest BCUT2D eigenvalue weighted by molar-refractivity contribution is 0.376. The van der Waals surface area contributed by atoms with Crippen LogP contribution in [0.4, 0.5) is 43.9 Å². The van der Waals surface area contributed by atoms with Gasteiger partial charge in [-0.2, -0.15) is 0 Å². The molecule has 2 aromatic carbocycles. The molecular weight excluding hydrogens is 386 g/mol. The summed E-state index contributed by atoms with van der Waals surface area (Å²) in [6, 6.07) is 0. The quantitative estimate of drug-likeness (QED) is 0.337. The summed E-state index contributed by atoms with van der Waals surface area (Å²) < 4.78 is 133. The van der Waals surface area contributed by atoms with Gasteiger partial charge in [0.15, 0.2) is 46.5 Å². The Morgan fingerprint density at radius 1 is 0.346 bits per heavy atom. The van der Waals surface area contributed by atoms with Crippen LogP contribution >= 0.6 is 0 Å². The van der Waals surface area contributed by atoms with Gasteiger partial charge >= 0.3 is 0 Å². The lowest BCUT2D eigenvalue weighted by atomic mass is 9.97. The molecule has 0 saturated heterocycles. The van der Waals surface area contributed by atoms with Gasteiger partial charge in [0.1, 0.15) is 0 Å². The third-order valence-corrected chi connectivity index (χ3v) is 3.17. The second-order valence-corrected chi connectivity index (χ2v) is 4.64. The predicted molar refractivity (Wildman–Crippen MR) is 66.1 cm³/mol. The van der Waals surface area contributed by atoms with Gasteiger partial charge in [-0.15, -0.1) is 0 Å². The minimum Gasteiger partial charge on any atom is -0.298 e. The molecule has 2 aromatic rings. The van der Waals surface area contributed by atoms with Gasteiger partial charge in [-0.05, 0) is 0 Å². The van der Waals surface area contributed by atoms with E-state index in [4.69, 9.17) is 10.8 Å². The van der Waals surface area contributed by atoms with Crippen LogP contribution in [0.5, 0.6) is 0 Å². The summed E-state index contributed by atoms with van der Waals surface area (Å²) in [4.78, 5) is 0. The molecule has 2 rings (SSSR count). The molecule has 2 nitrogen and oxygen atoms in total. The highest BCUT2D eigenvalue weighted by molar-refractivity contribution is 6.51. The van der Waals surface area contributed by atoms with E-state index in [9.17, 15) is 43.9 Å². The Kier molecular flexibility index (Phi) is 4.79. The number of rotatable bonds is 3. The van der Waals surface area contributed by atoms with E-state index in [1.807, 2.05) is 0 Å². The van der Waals surface area contributed by atoms with Crippen molar-refractivity contribution in [2.24, 2.45) is 0 Å². The molecule has 0 fully saturated rings. The monoisotopic (exact) mass is 388 g/mol. The summed E-state index contributed by atoms with van der Waals surface area (Å²) in [6.07, 6.45) is 0. The van der Waals surface area contributed by atoms with E-state index in [1.54, 1.807) is 0 Å². The van der Waals surface area contributed by atoms with Crippen LogP contribution in [-0.2, 0) is 0 Å². The van der Waals surface area contributed by atoms with E-state index < -0.39 is 80.7 Å². The molecule has 0 saturated carbocycles. The third-order valence-electron chi connectivity index (χ3n) is 3.17. The Morgan fingerprint density at radius 3 is 0.692 bits per heavy atom. The minimum atomic E-state index is -2.62. The molecule has 0 atom stereocenters. The van der Waals surface area contributed by atoms with Crippen molar-refractivity contribution in [1.29, 1.82) is 10.8 Å². The van der Waals surface area contributed by atoms with Crippen molar-refractivity contribution in [2.75, 3.05) is 0 Å². The highest BCUT2D eigenvalue weighted by Crippen LogP contribution is 2.27. The summed E-state index contributed by atoms with van der Waals surface area (Å²) in [5.41, 5.74) is -8.15. The topological polar surface area (TPSA) is 47.7 Å². The molecule has 26 heavy (non-hydrogen) atoms. The molecule has 2 N–H and O–H groups in total. The third kappa shape index (κ3) is 2.61. The first-order chi connectivity index (χ1) is 11.9. The standard InChI is InChI=1S/C14H2F10N2/c15-3-1(4(16)8(20)11(23)7(3)19)13(25)14(26)2-5(17)9(21)12(24)10(22)6(2)18/h25-26H. The average Bonchev–Trinajstić information content (AvgIpc) is 2.61. The van der Waals surface area contributed by atoms with Crippen LogP contribution in [0.1, 0.15) is 11.1 Å². The normalized spacial score (nSPS) is 11.0. The Bertz CT molecular complexity index is 845. The van der Waals surface area contributed by atoms with Crippen molar-refractivity contribution in [3.8, 4) is 0 Å². The van der Waals surface area contributed by atoms with Crippen LogP contribution in [0.15, 0.2) is 0 Å². The van der Waals surface area contributed by atoms with Gasteiger partial charge in [0.2, 0.25) is 11.6 Å². The zero-order valence-electron chi connectivity index (χ0n) is 11.8. The van der Waals surface area contributed by atoms with Gasteiger partial charge in [0, 0.05) is 0 Å². The minimum absolute atomic E-state index is 2.00. The van der Waals surface area contributed by atoms with Gasteiger partial charge in [0.05, 0.1) is 22.6 Å². The summed E-state index contributed by atoms with van der Waals surface area (Å²) >= 11 is 0. The lowest BCUT2D eigenvalue weighted by Gasteiger charge is -2.13. The fourth-order valence-electron chi connectivity index (χ4n) is 1.90. The Labute approximate surface area is 136 Å². The van der Waals surface area contributed by atoms with E-state index >= 15 is 0 Å². The van der Waals surface area contributed by atoms with E-state index in [0.717, 1.165) is 0 Å². The van der Waals surface area contributed by atoms with Gasteiger partial charge < -0.3 is 0 Å². The smallest absolute Gasteiger partial charge is 0.200 e. The molecule has 0 aliphatic heterocycles. The molecule has 0 bridgehead atoms. The molecule has 0 aromatic heterocycles. The van der Waals surface area contributed by atoms with Crippen LogP contribution in [0.2, 0.25) is 0 Å². The van der Waals surface area contributed by atoms with Crippen molar-refractivity contribution >= 4 is 11.4 Å². The van der Waals surface area contributed by atoms with Crippen molar-refractivity contribution in [2.45, 2.75) is 0 Å². The largest absolute Gasteiger partial charge is 0.298 e. The highest BCUT2D eigenvalue weighted by Gasteiger charge is 2.34. The fourth-order valence-corrected chi connectivity index (χ4v) is 1.90. The van der Waals surface area contributed by atoms with Crippen molar-refractivity contribution in [3.05, 3.63) is 69.3 Å². The van der Waals surface area contributed by atoms with E-state index in [2.05, 4.69) is 0 Å². The average molecular weight is 388 g/mol. The molecule has 0 unspecified atom stereocenters. The Morgan fingerprint density at radius 2 is 0.500 bits per heavy atom. The van der Waals surface area contributed by atoms with Crippen LogP contribution in [0.3, 0.4) is 0 Å². The zero-order valence-corrected chi connectivity index (χ0v) is 11.8. The van der Waals surface area contributed by atoms with Crippen LogP contribution in [-0.4, -0.2) is 11.4 Å². The van der Waals surface area contributed by atoms with E-state index in [1.165, 1.54) is 0 Å². The molecule has 12 heteroatoms. The second-order valence-electron chi connectivity index (χ2n) is 4.64. The number of benzene rings is 2. The molecule has 0 aliphatic carbocycles. The van der Waals surface area contributed by atoms with Crippen molar-refractivity contribution in [3.63, 3.8) is 0 Å². The maximum Gasteiger partial charge on any atom is 0.200 e. The fraction of sp³-hybridized carbons (Fsp3) is 0. The maximum atomic E-state index is 13.6. The summed E-state index contributed by atoms with van der Waals surface area (Å²) in [7, 11) is 0. The number of halogens is 10. The first kappa shape index (κ1) is 19.4. The first-order valence-corrected chi connectivity index (χ1v) is 6.14. The lowest BCUT2D eigenvalue weighted by Crippen LogP contribution is -2.24. The highest BCUT2D eigenvalue weighted by atomic mass is 19.2. The van der Waals surface area contributed by atoms with E-state index in [0.29, 0.717) is 0 Å². The predicted octanol–water partition coefficient (Wildman–Crippen LogP) is 4.51. The first-order valence-electron chi connectivity index (χ1n) is 6.14. The van der Waals surface area contributed by atoms with Crippen LogP contribution in [0, 0.1) is 69.0 Å². The Hall–Kier alpha value is -2.92. The van der Waals surface area contributed by atoms with Crippen LogP contribution < -0.4 is 0 Å². The number of hydrogen-bond donors (Lipinski definition) is 2. The van der Waals surface area contributed by atoms with Gasteiger partial charge in [-0.1, -0.05) is 0 Å². The molecule has 138 valence electrons. The Balaban J connectivity index is 2.74. The molecule has 0 spiro atoms. The zero-order chi connectivity index (χ0) is 20.1. The number of nitrogens with one attached hydrogen (secondary N) is 2. The summed E-state index contributed by atoms with van der Waals surface area (Å²) in [6.45, 7) is 0. The maximum absolute atomic E-state index is 13.6. The second kappa shape index (κ2) is 6.42. The molecular formula is C14H2F10N2. The van der Waals surface area contributed by atoms with Crippen molar-refractivity contribution in [1.82, 2.24) is 0 Å². The molecule has 0 radical (unpaired) electrons. The van der Waals surface area contributed by atoms with Gasteiger partial charge in [0.25, 0.3) is 0 Å². The van der Waals surface area contributed by atoms with Crippen molar-refractivity contribution < 1.29 is 43.9 Å².